The van der Waals surface area contributed by atoms with E-state index < -0.39 is 4.92 Å². The van der Waals surface area contributed by atoms with E-state index in [1.807, 2.05) is 18.7 Å². The summed E-state index contributed by atoms with van der Waals surface area (Å²) in [5.74, 6) is 0.447. The molecule has 0 unspecified atom stereocenters. The molecule has 10 heteroatoms. The van der Waals surface area contributed by atoms with Gasteiger partial charge in [0, 0.05) is 19.6 Å². The molecule has 0 spiro atoms. The summed E-state index contributed by atoms with van der Waals surface area (Å²) >= 11 is 0. The molecule has 1 aromatic heterocycles. The molecule has 27 heavy (non-hydrogen) atoms. The molecule has 0 aromatic carbocycles. The lowest BCUT2D eigenvalue weighted by atomic mass is 10.2. The van der Waals surface area contributed by atoms with Gasteiger partial charge in [0.25, 0.3) is 0 Å². The summed E-state index contributed by atoms with van der Waals surface area (Å²) in [6.45, 7) is 12.8. The molecule has 0 bridgehead atoms. The van der Waals surface area contributed by atoms with Crippen LogP contribution in [0.15, 0.2) is 0 Å². The fraction of sp³-hybridized carbons (Fsp3) is 0.765. The van der Waals surface area contributed by atoms with E-state index in [4.69, 9.17) is 10.5 Å². The number of rotatable bonds is 9. The van der Waals surface area contributed by atoms with Crippen molar-refractivity contribution in [1.82, 2.24) is 14.9 Å². The Labute approximate surface area is 160 Å². The van der Waals surface area contributed by atoms with Crippen molar-refractivity contribution in [2.45, 2.75) is 46.3 Å². The zero-order valence-corrected chi connectivity index (χ0v) is 16.6. The largest absolute Gasteiger partial charge is 0.378 e. The van der Waals surface area contributed by atoms with Gasteiger partial charge >= 0.3 is 5.69 Å². The first kappa shape index (κ1) is 21.1. The fourth-order valence-corrected chi connectivity index (χ4v) is 3.33. The van der Waals surface area contributed by atoms with Crippen molar-refractivity contribution in [3.05, 3.63) is 10.1 Å². The molecule has 1 aromatic rings. The Kier molecular flexibility index (Phi) is 7.55. The number of hydrogen-bond donors (Lipinski definition) is 2. The van der Waals surface area contributed by atoms with Gasteiger partial charge in [-0.1, -0.05) is 13.8 Å². The highest BCUT2D eigenvalue weighted by molar-refractivity contribution is 5.71. The minimum atomic E-state index is -0.514. The van der Waals surface area contributed by atoms with Crippen molar-refractivity contribution >= 4 is 23.3 Å². The monoisotopic (exact) mass is 381 g/mol. The Balaban J connectivity index is 2.15. The maximum absolute atomic E-state index is 11.5. The average molecular weight is 381 g/mol. The maximum Gasteiger partial charge on any atom is 0.353 e. The topological polar surface area (TPSA) is 123 Å². The predicted octanol–water partition coefficient (Wildman–Crippen LogP) is 1.72. The normalized spacial score (nSPS) is 20.1. The van der Waals surface area contributed by atoms with Crippen molar-refractivity contribution in [3.8, 4) is 0 Å². The molecule has 152 valence electrons. The lowest BCUT2D eigenvalue weighted by Crippen LogP contribution is -2.46. The molecule has 0 amide bonds. The van der Waals surface area contributed by atoms with Gasteiger partial charge in [0.05, 0.1) is 17.1 Å². The van der Waals surface area contributed by atoms with E-state index in [-0.39, 0.29) is 29.5 Å². The molecule has 1 fully saturated rings. The highest BCUT2D eigenvalue weighted by Gasteiger charge is 2.32. The molecule has 2 rings (SSSR count). The van der Waals surface area contributed by atoms with E-state index in [1.54, 1.807) is 0 Å². The first-order valence-electron chi connectivity index (χ1n) is 9.54. The van der Waals surface area contributed by atoms with Gasteiger partial charge < -0.3 is 25.6 Å². The molecule has 0 radical (unpaired) electrons. The number of nitrogens with one attached hydrogen (secondary N) is 1. The molecule has 0 saturated carbocycles. The van der Waals surface area contributed by atoms with Crippen LogP contribution in [0.5, 0.6) is 0 Å². The van der Waals surface area contributed by atoms with Crippen molar-refractivity contribution in [2.75, 3.05) is 55.2 Å². The van der Waals surface area contributed by atoms with E-state index in [0.717, 1.165) is 26.1 Å². The summed E-state index contributed by atoms with van der Waals surface area (Å²) in [5, 5.41) is 14.7. The second kappa shape index (κ2) is 9.65. The van der Waals surface area contributed by atoms with Crippen LogP contribution in [-0.4, -0.2) is 71.3 Å². The summed E-state index contributed by atoms with van der Waals surface area (Å²) < 4.78 is 5.72. The third kappa shape index (κ3) is 5.64. The van der Waals surface area contributed by atoms with Crippen LogP contribution < -0.4 is 16.0 Å². The number of nitrogens with zero attached hydrogens (tertiary/aromatic N) is 5. The minimum Gasteiger partial charge on any atom is -0.378 e. The molecule has 1 aliphatic heterocycles. The number of nitrogens with two attached hydrogens (primary N) is 1. The second-order valence-electron chi connectivity index (χ2n) is 6.83. The van der Waals surface area contributed by atoms with Crippen molar-refractivity contribution in [2.24, 2.45) is 0 Å². The zero-order valence-electron chi connectivity index (χ0n) is 16.6. The molecule has 3 N–H and O–H groups in total. The number of hydrogen-bond acceptors (Lipinski definition) is 9. The van der Waals surface area contributed by atoms with Gasteiger partial charge in [-0.15, -0.1) is 0 Å². The van der Waals surface area contributed by atoms with Crippen LogP contribution >= 0.6 is 0 Å². The number of nitro groups is 1. The van der Waals surface area contributed by atoms with Gasteiger partial charge in [-0.2, -0.15) is 9.97 Å². The van der Waals surface area contributed by atoms with Crippen LogP contribution in [0.2, 0.25) is 0 Å². The van der Waals surface area contributed by atoms with E-state index in [9.17, 15) is 10.1 Å². The SMILES string of the molecule is CCN(CC)CCCNc1nc(N)c([N+](=O)[O-])c(N2C[C@H](C)O[C@@H](C)C2)n1. The van der Waals surface area contributed by atoms with Gasteiger partial charge in [-0.25, -0.2) is 0 Å². The number of morpholine rings is 1. The summed E-state index contributed by atoms with van der Waals surface area (Å²) in [4.78, 5) is 23.7. The van der Waals surface area contributed by atoms with Crippen LogP contribution in [0.25, 0.3) is 0 Å². The Hall–Kier alpha value is -2.20. The molecule has 0 aliphatic carbocycles. The van der Waals surface area contributed by atoms with Gasteiger partial charge in [-0.3, -0.25) is 10.1 Å². The van der Waals surface area contributed by atoms with Gasteiger partial charge in [0.2, 0.25) is 17.6 Å². The van der Waals surface area contributed by atoms with Gasteiger partial charge in [0.15, 0.2) is 0 Å². The Morgan fingerprint density at radius 1 is 1.30 bits per heavy atom. The van der Waals surface area contributed by atoms with E-state index in [2.05, 4.69) is 34.0 Å². The quantitative estimate of drug-likeness (QED) is 0.374. The first-order chi connectivity index (χ1) is 12.8. The Morgan fingerprint density at radius 2 is 1.93 bits per heavy atom. The number of anilines is 3. The van der Waals surface area contributed by atoms with Crippen molar-refractivity contribution in [1.29, 1.82) is 0 Å². The summed E-state index contributed by atoms with van der Waals surface area (Å²) in [7, 11) is 0. The molecule has 1 saturated heterocycles. The summed E-state index contributed by atoms with van der Waals surface area (Å²) in [5.41, 5.74) is 5.65. The van der Waals surface area contributed by atoms with E-state index in [1.165, 1.54) is 0 Å². The maximum atomic E-state index is 11.5. The smallest absolute Gasteiger partial charge is 0.353 e. The highest BCUT2D eigenvalue weighted by atomic mass is 16.6. The molecular formula is C17H31N7O3. The minimum absolute atomic E-state index is 0.0463. The third-order valence-corrected chi connectivity index (χ3v) is 4.62. The fourth-order valence-electron chi connectivity index (χ4n) is 3.33. The molecule has 10 nitrogen and oxygen atoms in total. The van der Waals surface area contributed by atoms with E-state index in [0.29, 0.717) is 25.6 Å². The number of aromatic nitrogens is 2. The third-order valence-electron chi connectivity index (χ3n) is 4.62. The van der Waals surface area contributed by atoms with E-state index >= 15 is 0 Å². The van der Waals surface area contributed by atoms with Crippen LogP contribution in [0, 0.1) is 10.1 Å². The number of ether oxygens (including phenoxy) is 1. The molecule has 2 heterocycles. The van der Waals surface area contributed by atoms with Crippen LogP contribution in [0.1, 0.15) is 34.1 Å². The Bertz CT molecular complexity index is 629. The average Bonchev–Trinajstić information content (AvgIpc) is 2.60. The molecule has 2 atom stereocenters. The Morgan fingerprint density at radius 3 is 2.48 bits per heavy atom. The van der Waals surface area contributed by atoms with Crippen molar-refractivity contribution < 1.29 is 9.66 Å². The lowest BCUT2D eigenvalue weighted by molar-refractivity contribution is -0.383. The van der Waals surface area contributed by atoms with Gasteiger partial charge in [0.1, 0.15) is 0 Å². The predicted molar refractivity (Wildman–Crippen MR) is 106 cm³/mol. The number of nitrogen functional groups attached to an aromatic ring is 1. The first-order valence-corrected chi connectivity index (χ1v) is 9.54. The molecule has 1 aliphatic rings. The standard InChI is InChI=1S/C17H31N7O3/c1-5-22(6-2)9-7-8-19-17-20-15(18)14(24(25)26)16(21-17)23-10-12(3)27-13(4)11-23/h12-13H,5-11H2,1-4H3,(H3,18,19,20,21)/t12-,13-/m0/s1. The summed E-state index contributed by atoms with van der Waals surface area (Å²) in [6, 6.07) is 0. The van der Waals surface area contributed by atoms with Crippen LogP contribution in [-0.2, 0) is 4.74 Å². The lowest BCUT2D eigenvalue weighted by Gasteiger charge is -2.35. The van der Waals surface area contributed by atoms with Crippen molar-refractivity contribution in [3.63, 3.8) is 0 Å². The van der Waals surface area contributed by atoms with Gasteiger partial charge in [-0.05, 0) is 39.9 Å². The zero-order chi connectivity index (χ0) is 20.0. The molecular weight excluding hydrogens is 350 g/mol. The van der Waals surface area contributed by atoms with Crippen LogP contribution in [0.4, 0.5) is 23.3 Å². The highest BCUT2D eigenvalue weighted by Crippen LogP contribution is 2.33. The van der Waals surface area contributed by atoms with Crippen LogP contribution in [0.3, 0.4) is 0 Å². The summed E-state index contributed by atoms with van der Waals surface area (Å²) in [6.07, 6.45) is 0.827. The second-order valence-corrected chi connectivity index (χ2v) is 6.83.